The molecule has 10 heteroatoms. The number of ether oxygens (including phenoxy) is 2. The molecule has 2 aromatic heterocycles. The van der Waals surface area contributed by atoms with Crippen LogP contribution in [0.5, 0.6) is 5.75 Å². The Morgan fingerprint density at radius 1 is 1.20 bits per heavy atom. The molecule has 0 bridgehead atoms. The third-order valence-electron chi connectivity index (χ3n) is 4.54. The zero-order valence-electron chi connectivity index (χ0n) is 17.3. The lowest BCUT2D eigenvalue weighted by Gasteiger charge is -2.08. The number of carbonyl (C=O) groups is 2. The van der Waals surface area contributed by atoms with Crippen LogP contribution in [0, 0.1) is 13.8 Å². The number of hydrogen-bond donors (Lipinski definition) is 1. The Hall–Kier alpha value is -2.85. The Morgan fingerprint density at radius 2 is 1.93 bits per heavy atom. The number of benzene rings is 1. The first-order chi connectivity index (χ1) is 14.4. The molecule has 158 valence electrons. The average Bonchev–Trinajstić information content (AvgIpc) is 3.24. The predicted octanol–water partition coefficient (Wildman–Crippen LogP) is 3.69. The molecule has 0 spiro atoms. The molecule has 2 heterocycles. The van der Waals surface area contributed by atoms with Crippen molar-refractivity contribution in [2.75, 3.05) is 25.3 Å². The van der Waals surface area contributed by atoms with Crippen LogP contribution in [0.3, 0.4) is 0 Å². The van der Waals surface area contributed by atoms with Crippen LogP contribution in [0.2, 0.25) is 0 Å². The number of nitrogens with zero attached hydrogens (tertiary/aromatic N) is 3. The van der Waals surface area contributed by atoms with Crippen LogP contribution in [0.4, 0.5) is 5.00 Å². The average molecular weight is 447 g/mol. The smallest absolute Gasteiger partial charge is 0.341 e. The zero-order valence-corrected chi connectivity index (χ0v) is 18.9. The Morgan fingerprint density at radius 3 is 2.63 bits per heavy atom. The van der Waals surface area contributed by atoms with Gasteiger partial charge in [0.15, 0.2) is 11.0 Å². The van der Waals surface area contributed by atoms with E-state index in [9.17, 15) is 9.59 Å². The second-order valence-electron chi connectivity index (χ2n) is 6.38. The molecule has 0 aliphatic rings. The van der Waals surface area contributed by atoms with Crippen LogP contribution in [-0.4, -0.2) is 46.6 Å². The van der Waals surface area contributed by atoms with E-state index >= 15 is 0 Å². The summed E-state index contributed by atoms with van der Waals surface area (Å²) in [5.41, 5.74) is 2.03. The van der Waals surface area contributed by atoms with Crippen molar-refractivity contribution in [3.05, 3.63) is 40.3 Å². The highest BCUT2D eigenvalue weighted by atomic mass is 32.2. The second kappa shape index (κ2) is 9.31. The highest BCUT2D eigenvalue weighted by molar-refractivity contribution is 7.99. The van der Waals surface area contributed by atoms with Gasteiger partial charge in [0.1, 0.15) is 10.8 Å². The van der Waals surface area contributed by atoms with Gasteiger partial charge >= 0.3 is 5.97 Å². The molecule has 3 rings (SSSR count). The lowest BCUT2D eigenvalue weighted by Crippen LogP contribution is -2.16. The van der Waals surface area contributed by atoms with E-state index in [4.69, 9.17) is 9.47 Å². The monoisotopic (exact) mass is 446 g/mol. The number of rotatable bonds is 7. The van der Waals surface area contributed by atoms with Gasteiger partial charge in [-0.25, -0.2) is 4.79 Å². The summed E-state index contributed by atoms with van der Waals surface area (Å²) in [5.74, 6) is 0.755. The molecule has 0 saturated carbocycles. The quantitative estimate of drug-likeness (QED) is 0.437. The molecular weight excluding hydrogens is 424 g/mol. The van der Waals surface area contributed by atoms with Gasteiger partial charge in [-0.1, -0.05) is 23.9 Å². The minimum absolute atomic E-state index is 0.120. The summed E-state index contributed by atoms with van der Waals surface area (Å²) in [4.78, 5) is 25.5. The summed E-state index contributed by atoms with van der Waals surface area (Å²) < 4.78 is 12.0. The Bertz CT molecular complexity index is 1090. The number of thiophene rings is 1. The summed E-state index contributed by atoms with van der Waals surface area (Å²) >= 11 is 2.61. The SMILES string of the molecule is COC(=O)c1c(NC(=O)CSc2nnc(-c3ccccc3OC)n2C)sc(C)c1C. The van der Waals surface area contributed by atoms with Gasteiger partial charge in [0.25, 0.3) is 0 Å². The number of carbonyl (C=O) groups excluding carboxylic acids is 2. The van der Waals surface area contributed by atoms with Crippen LogP contribution in [0.15, 0.2) is 29.4 Å². The van der Waals surface area contributed by atoms with Crippen LogP contribution < -0.4 is 10.1 Å². The number of esters is 1. The maximum atomic E-state index is 12.5. The van der Waals surface area contributed by atoms with E-state index in [1.165, 1.54) is 30.2 Å². The number of anilines is 1. The lowest BCUT2D eigenvalue weighted by molar-refractivity contribution is -0.113. The fourth-order valence-corrected chi connectivity index (χ4v) is 4.64. The van der Waals surface area contributed by atoms with Crippen molar-refractivity contribution in [1.82, 2.24) is 14.8 Å². The molecule has 0 unspecified atom stereocenters. The minimum atomic E-state index is -0.463. The molecule has 1 N–H and O–H groups in total. The molecule has 30 heavy (non-hydrogen) atoms. The molecule has 1 aromatic carbocycles. The van der Waals surface area contributed by atoms with E-state index in [1.54, 1.807) is 7.11 Å². The van der Waals surface area contributed by atoms with E-state index in [1.807, 2.05) is 49.7 Å². The standard InChI is InChI=1S/C20H22N4O4S2/c1-11-12(2)30-18(16(11)19(26)28-5)21-15(25)10-29-20-23-22-17(24(20)3)13-8-6-7-9-14(13)27-4/h6-9H,10H2,1-5H3,(H,21,25). The van der Waals surface area contributed by atoms with Crippen molar-refractivity contribution in [3.8, 4) is 17.1 Å². The minimum Gasteiger partial charge on any atom is -0.496 e. The van der Waals surface area contributed by atoms with Gasteiger partial charge in [0, 0.05) is 11.9 Å². The second-order valence-corrected chi connectivity index (χ2v) is 8.55. The van der Waals surface area contributed by atoms with Crippen LogP contribution in [0.1, 0.15) is 20.8 Å². The number of amides is 1. The largest absolute Gasteiger partial charge is 0.496 e. The molecule has 0 fully saturated rings. The molecule has 0 saturated heterocycles. The molecule has 0 atom stereocenters. The first-order valence-corrected chi connectivity index (χ1v) is 10.8. The molecule has 0 aliphatic carbocycles. The summed E-state index contributed by atoms with van der Waals surface area (Å²) in [6.45, 7) is 3.73. The van der Waals surface area contributed by atoms with Crippen molar-refractivity contribution in [2.24, 2.45) is 7.05 Å². The highest BCUT2D eigenvalue weighted by Crippen LogP contribution is 2.33. The summed E-state index contributed by atoms with van der Waals surface area (Å²) in [5, 5.41) is 12.3. The van der Waals surface area contributed by atoms with Gasteiger partial charge in [-0.2, -0.15) is 0 Å². The van der Waals surface area contributed by atoms with Crippen molar-refractivity contribution in [2.45, 2.75) is 19.0 Å². The Kier molecular flexibility index (Phi) is 6.78. The predicted molar refractivity (Wildman–Crippen MR) is 117 cm³/mol. The number of thioether (sulfide) groups is 1. The molecule has 0 aliphatic heterocycles. The van der Waals surface area contributed by atoms with Crippen LogP contribution in [0.25, 0.3) is 11.4 Å². The maximum Gasteiger partial charge on any atom is 0.341 e. The topological polar surface area (TPSA) is 95.3 Å². The summed E-state index contributed by atoms with van der Waals surface area (Å²) in [6.07, 6.45) is 0. The first-order valence-electron chi connectivity index (χ1n) is 9.01. The van der Waals surface area contributed by atoms with E-state index in [0.717, 1.165) is 16.0 Å². The van der Waals surface area contributed by atoms with E-state index in [0.29, 0.717) is 27.3 Å². The number of methoxy groups -OCH3 is 2. The van der Waals surface area contributed by atoms with Crippen molar-refractivity contribution in [1.29, 1.82) is 0 Å². The fourth-order valence-electron chi connectivity index (χ4n) is 2.86. The third kappa shape index (κ3) is 4.34. The number of nitrogens with one attached hydrogen (secondary N) is 1. The van der Waals surface area contributed by atoms with Crippen molar-refractivity contribution < 1.29 is 19.1 Å². The third-order valence-corrected chi connectivity index (χ3v) is 6.69. The van der Waals surface area contributed by atoms with Gasteiger partial charge in [-0.15, -0.1) is 21.5 Å². The number of para-hydroxylation sites is 1. The van der Waals surface area contributed by atoms with Gasteiger partial charge < -0.3 is 19.4 Å². The van der Waals surface area contributed by atoms with Crippen LogP contribution in [-0.2, 0) is 16.6 Å². The summed E-state index contributed by atoms with van der Waals surface area (Å²) in [7, 11) is 4.76. The van der Waals surface area contributed by atoms with Crippen molar-refractivity contribution in [3.63, 3.8) is 0 Å². The Balaban J connectivity index is 1.72. The molecule has 1 amide bonds. The van der Waals surface area contributed by atoms with Gasteiger partial charge in [0.05, 0.1) is 31.1 Å². The molecular formula is C20H22N4O4S2. The normalized spacial score (nSPS) is 10.7. The van der Waals surface area contributed by atoms with Gasteiger partial charge in [-0.05, 0) is 31.5 Å². The molecule has 3 aromatic rings. The molecule has 8 nitrogen and oxygen atoms in total. The maximum absolute atomic E-state index is 12.5. The van der Waals surface area contributed by atoms with Gasteiger partial charge in [0.2, 0.25) is 5.91 Å². The fraction of sp³-hybridized carbons (Fsp3) is 0.300. The number of hydrogen-bond acceptors (Lipinski definition) is 8. The zero-order chi connectivity index (χ0) is 21.8. The first kappa shape index (κ1) is 21.8. The number of aryl methyl sites for hydroxylation is 1. The van der Waals surface area contributed by atoms with Gasteiger partial charge in [-0.3, -0.25) is 4.79 Å². The van der Waals surface area contributed by atoms with E-state index in [-0.39, 0.29) is 11.7 Å². The van der Waals surface area contributed by atoms with E-state index in [2.05, 4.69) is 15.5 Å². The highest BCUT2D eigenvalue weighted by Gasteiger charge is 2.22. The summed E-state index contributed by atoms with van der Waals surface area (Å²) in [6, 6.07) is 7.54. The number of aromatic nitrogens is 3. The molecule has 0 radical (unpaired) electrons. The Labute approximate surface area is 182 Å². The van der Waals surface area contributed by atoms with Crippen molar-refractivity contribution >= 4 is 40.0 Å². The van der Waals surface area contributed by atoms with Crippen LogP contribution >= 0.6 is 23.1 Å². The van der Waals surface area contributed by atoms with E-state index < -0.39 is 5.97 Å². The lowest BCUT2D eigenvalue weighted by atomic mass is 10.1.